The molecular weight excluding hydrogens is 517 g/mol. The Balaban J connectivity index is 1.51. The van der Waals surface area contributed by atoms with Crippen LogP contribution in [0.3, 0.4) is 0 Å². The van der Waals surface area contributed by atoms with E-state index in [9.17, 15) is 31.5 Å². The van der Waals surface area contributed by atoms with Crippen LogP contribution < -0.4 is 0 Å². The lowest BCUT2D eigenvalue weighted by Crippen LogP contribution is -2.55. The molecule has 0 aliphatic carbocycles. The fourth-order valence-electron chi connectivity index (χ4n) is 6.32. The molecule has 2 saturated heterocycles. The summed E-state index contributed by atoms with van der Waals surface area (Å²) in [5, 5.41) is 0. The van der Waals surface area contributed by atoms with Crippen LogP contribution in [0.15, 0.2) is 42.5 Å². The van der Waals surface area contributed by atoms with Crippen molar-refractivity contribution in [3.63, 3.8) is 0 Å². The third-order valence-electron chi connectivity index (χ3n) is 8.31. The van der Waals surface area contributed by atoms with E-state index in [0.717, 1.165) is 36.4 Å². The molecule has 2 aromatic carbocycles. The number of benzene rings is 2. The van der Waals surface area contributed by atoms with Crippen LogP contribution in [0.25, 0.3) is 0 Å². The zero-order valence-corrected chi connectivity index (χ0v) is 22.6. The number of halogens is 5. The predicted octanol–water partition coefficient (Wildman–Crippen LogP) is 5.42. The molecule has 2 atom stereocenters. The fraction of sp³-hybridized carbons (Fsp3) is 0.517. The minimum absolute atomic E-state index is 0.0838. The second-order valence-corrected chi connectivity index (χ2v) is 11.3. The third kappa shape index (κ3) is 5.81. The first kappa shape index (κ1) is 29.0. The molecule has 2 aliphatic heterocycles. The number of nitrogens with zero attached hydrogens (tertiary/aromatic N) is 3. The molecule has 2 fully saturated rings. The van der Waals surface area contributed by atoms with Crippen LogP contribution in [0.2, 0.25) is 0 Å². The molecular formula is C29H34F5N3O2. The number of carbonyl (C=O) groups is 2. The van der Waals surface area contributed by atoms with Gasteiger partial charge in [0.15, 0.2) is 0 Å². The Bertz CT molecular complexity index is 1210. The van der Waals surface area contributed by atoms with Gasteiger partial charge in [-0.2, -0.15) is 13.2 Å². The van der Waals surface area contributed by atoms with Gasteiger partial charge in [-0.1, -0.05) is 26.0 Å². The molecule has 39 heavy (non-hydrogen) atoms. The Morgan fingerprint density at radius 1 is 1.03 bits per heavy atom. The van der Waals surface area contributed by atoms with E-state index in [2.05, 4.69) is 4.90 Å². The first-order chi connectivity index (χ1) is 18.2. The lowest BCUT2D eigenvalue weighted by Gasteiger charge is -2.44. The Labute approximate surface area is 225 Å². The molecule has 2 amide bonds. The van der Waals surface area contributed by atoms with Crippen LogP contribution in [0.4, 0.5) is 22.0 Å². The average Bonchev–Trinajstić information content (AvgIpc) is 3.18. The van der Waals surface area contributed by atoms with Crippen LogP contribution in [0.5, 0.6) is 0 Å². The normalized spacial score (nSPS) is 20.5. The topological polar surface area (TPSA) is 43.9 Å². The average molecular weight is 552 g/mol. The lowest BCUT2D eigenvalue weighted by atomic mass is 9.68. The number of hydrogen-bond donors (Lipinski definition) is 0. The second kappa shape index (κ2) is 10.9. The summed E-state index contributed by atoms with van der Waals surface area (Å²) < 4.78 is 67.6. The van der Waals surface area contributed by atoms with E-state index in [-0.39, 0.29) is 29.0 Å². The molecule has 1 spiro atoms. The van der Waals surface area contributed by atoms with Crippen molar-refractivity contribution in [1.82, 2.24) is 14.7 Å². The summed E-state index contributed by atoms with van der Waals surface area (Å²) in [6.07, 6.45) is -3.30. The largest absolute Gasteiger partial charge is 0.416 e. The molecule has 2 aromatic rings. The number of piperidine rings is 1. The highest BCUT2D eigenvalue weighted by atomic mass is 19.4. The standard InChI is InChI=1S/C29H34F5N3O2/c1-18(2)25(36(4)26(38)22-15-20(29(32,33)34)7-10-24(22)31)27(39)37-13-11-28(12-14-37)17-35(3)16-23(28)19-5-8-21(30)9-6-19/h5-10,15,18,23,25H,11-14,16-17H2,1-4H3/t23?,25-/m1/s1. The van der Waals surface area contributed by atoms with Gasteiger partial charge >= 0.3 is 6.18 Å². The van der Waals surface area contributed by atoms with Gasteiger partial charge in [0.05, 0.1) is 11.1 Å². The van der Waals surface area contributed by atoms with Crippen molar-refractivity contribution >= 4 is 11.8 Å². The summed E-state index contributed by atoms with van der Waals surface area (Å²) in [5.41, 5.74) is -0.875. The molecule has 212 valence electrons. The van der Waals surface area contributed by atoms with Crippen LogP contribution in [-0.2, 0) is 11.0 Å². The van der Waals surface area contributed by atoms with E-state index in [4.69, 9.17) is 0 Å². The molecule has 0 radical (unpaired) electrons. The smallest absolute Gasteiger partial charge is 0.341 e. The van der Waals surface area contributed by atoms with Gasteiger partial charge < -0.3 is 14.7 Å². The van der Waals surface area contributed by atoms with Crippen LogP contribution in [0, 0.1) is 23.0 Å². The van der Waals surface area contributed by atoms with Gasteiger partial charge in [0.25, 0.3) is 5.91 Å². The van der Waals surface area contributed by atoms with Gasteiger partial charge in [0.1, 0.15) is 17.7 Å². The summed E-state index contributed by atoms with van der Waals surface area (Å²) in [7, 11) is 3.37. The summed E-state index contributed by atoms with van der Waals surface area (Å²) >= 11 is 0. The zero-order valence-electron chi connectivity index (χ0n) is 22.6. The third-order valence-corrected chi connectivity index (χ3v) is 8.31. The zero-order chi connectivity index (χ0) is 28.7. The first-order valence-corrected chi connectivity index (χ1v) is 13.1. The van der Waals surface area contributed by atoms with E-state index in [1.807, 2.05) is 19.2 Å². The van der Waals surface area contributed by atoms with Crippen molar-refractivity contribution in [1.29, 1.82) is 0 Å². The van der Waals surface area contributed by atoms with Crippen LogP contribution >= 0.6 is 0 Å². The maximum Gasteiger partial charge on any atom is 0.416 e. The molecule has 0 N–H and O–H groups in total. The first-order valence-electron chi connectivity index (χ1n) is 13.1. The number of amides is 2. The lowest BCUT2D eigenvalue weighted by molar-refractivity contribution is -0.140. The Morgan fingerprint density at radius 2 is 1.64 bits per heavy atom. The Hall–Kier alpha value is -3.01. The minimum atomic E-state index is -4.74. The molecule has 0 saturated carbocycles. The number of hydrogen-bond acceptors (Lipinski definition) is 3. The fourth-order valence-corrected chi connectivity index (χ4v) is 6.32. The number of likely N-dealkylation sites (tertiary alicyclic amines) is 2. The summed E-state index contributed by atoms with van der Waals surface area (Å²) in [5.74, 6) is -2.83. The van der Waals surface area contributed by atoms with Crippen molar-refractivity contribution in [3.8, 4) is 0 Å². The van der Waals surface area contributed by atoms with Gasteiger partial charge in [0.2, 0.25) is 5.91 Å². The quantitative estimate of drug-likeness (QED) is 0.467. The predicted molar refractivity (Wildman–Crippen MR) is 137 cm³/mol. The maximum absolute atomic E-state index is 14.5. The van der Waals surface area contributed by atoms with Gasteiger partial charge in [-0.25, -0.2) is 8.78 Å². The maximum atomic E-state index is 14.5. The molecule has 0 bridgehead atoms. The van der Waals surface area contributed by atoms with Gasteiger partial charge in [-0.05, 0) is 67.1 Å². The Kier molecular flexibility index (Phi) is 8.08. The SMILES string of the molecule is CC(C)[C@H](C(=O)N1CCC2(CC1)CN(C)CC2c1ccc(F)cc1)N(C)C(=O)c1cc(C(F)(F)F)ccc1F. The number of likely N-dealkylation sites (N-methyl/N-ethyl adjacent to an activating group) is 2. The molecule has 2 aliphatic rings. The van der Waals surface area contributed by atoms with Crippen molar-refractivity contribution in [2.45, 2.75) is 44.8 Å². The molecule has 4 rings (SSSR count). The van der Waals surface area contributed by atoms with Gasteiger partial charge in [0, 0.05) is 39.1 Å². The highest BCUT2D eigenvalue weighted by Crippen LogP contribution is 2.49. The van der Waals surface area contributed by atoms with E-state index < -0.39 is 35.1 Å². The summed E-state index contributed by atoms with van der Waals surface area (Å²) in [6, 6.07) is 7.30. The van der Waals surface area contributed by atoms with Crippen molar-refractivity contribution in [2.75, 3.05) is 40.3 Å². The van der Waals surface area contributed by atoms with Crippen LogP contribution in [0.1, 0.15) is 54.1 Å². The van der Waals surface area contributed by atoms with Crippen molar-refractivity contribution < 1.29 is 31.5 Å². The van der Waals surface area contributed by atoms with Crippen molar-refractivity contribution in [3.05, 3.63) is 70.8 Å². The summed E-state index contributed by atoms with van der Waals surface area (Å²) in [4.78, 5) is 31.8. The van der Waals surface area contributed by atoms with Gasteiger partial charge in [-0.15, -0.1) is 0 Å². The summed E-state index contributed by atoms with van der Waals surface area (Å²) in [6.45, 7) is 6.07. The highest BCUT2D eigenvalue weighted by Gasteiger charge is 2.49. The van der Waals surface area contributed by atoms with E-state index in [0.29, 0.717) is 31.3 Å². The van der Waals surface area contributed by atoms with E-state index in [1.165, 1.54) is 19.2 Å². The number of rotatable bonds is 5. The number of alkyl halides is 3. The highest BCUT2D eigenvalue weighted by molar-refractivity contribution is 5.98. The van der Waals surface area contributed by atoms with Crippen LogP contribution in [-0.4, -0.2) is 72.8 Å². The number of carbonyl (C=O) groups excluding carboxylic acids is 2. The molecule has 5 nitrogen and oxygen atoms in total. The molecule has 10 heteroatoms. The second-order valence-electron chi connectivity index (χ2n) is 11.3. The van der Waals surface area contributed by atoms with Crippen molar-refractivity contribution in [2.24, 2.45) is 11.3 Å². The molecule has 0 aromatic heterocycles. The Morgan fingerprint density at radius 3 is 2.21 bits per heavy atom. The van der Waals surface area contributed by atoms with E-state index >= 15 is 0 Å². The van der Waals surface area contributed by atoms with E-state index in [1.54, 1.807) is 18.7 Å². The molecule has 1 unspecified atom stereocenters. The molecule has 2 heterocycles. The van der Waals surface area contributed by atoms with Gasteiger partial charge in [-0.3, -0.25) is 9.59 Å². The minimum Gasteiger partial charge on any atom is -0.341 e. The monoisotopic (exact) mass is 551 g/mol.